The number of aliphatic hydroxyl groups excluding tert-OH is 1. The number of hydrogen-bond donors (Lipinski definition) is 1. The van der Waals surface area contributed by atoms with E-state index in [1.165, 1.54) is 0 Å². The summed E-state index contributed by atoms with van der Waals surface area (Å²) in [5.41, 5.74) is 4.33. The first-order chi connectivity index (χ1) is 48.5. The number of carbonyl (C=O) groups excluding carboxylic acids is 2. The highest BCUT2D eigenvalue weighted by molar-refractivity contribution is 6.75. The maximum absolute atomic E-state index is 15.6. The minimum Gasteiger partial charge on any atom is -0.497 e. The van der Waals surface area contributed by atoms with Crippen LogP contribution in [0.1, 0.15) is 167 Å². The fourth-order valence-corrected chi connectivity index (χ4v) is 20.3. The van der Waals surface area contributed by atoms with Gasteiger partial charge in [0.05, 0.1) is 64.1 Å². The molecular formula is C87H140O13Si4. The van der Waals surface area contributed by atoms with Gasteiger partial charge in [-0.25, -0.2) is 4.79 Å². The number of allylic oxidation sites excluding steroid dienone is 4. The van der Waals surface area contributed by atoms with Crippen molar-refractivity contribution in [1.29, 1.82) is 0 Å². The number of ether oxygens (including phenoxy) is 6. The Morgan fingerprint density at radius 2 is 0.990 bits per heavy atom. The molecule has 17 heteroatoms. The average molecular weight is 1510 g/mol. The second-order valence-corrected chi connectivity index (χ2v) is 52.9. The summed E-state index contributed by atoms with van der Waals surface area (Å²) in [5, 5.41) is 12.7. The van der Waals surface area contributed by atoms with Crippen molar-refractivity contribution in [3.8, 4) is 11.5 Å². The SMILES string of the molecule is C=CCOC(=O)[C@H](O[Si](C)(C)C(C)(C)C)[C@@H](OC)[C@H](C)[C@@H](O[Si](CC)(CC)CC)[C@H](C)[C@@H](O[Si](C)(C)C(C)(C)C)/C(C)=C/[C@H](C)C(=O)C[C@H](O)[C@@H](C)[C@H](OCc1ccc(OC)cc1)[C@H](COC(c1ccccc1)(c1ccccc1)c1ccc(OC)cc1)[C@H](O[Si](C)(C)C(C)(C)C)/C(C)=C/[C@@H](C)/C=C\C. The zero-order valence-electron chi connectivity index (χ0n) is 69.8. The molecule has 0 aliphatic rings. The lowest BCUT2D eigenvalue weighted by Crippen LogP contribution is -2.57. The Balaban J connectivity index is 2.06. The van der Waals surface area contributed by atoms with Gasteiger partial charge in [0.2, 0.25) is 0 Å². The van der Waals surface area contributed by atoms with E-state index in [2.05, 4.69) is 218 Å². The van der Waals surface area contributed by atoms with Crippen LogP contribution in [0, 0.1) is 35.5 Å². The van der Waals surface area contributed by atoms with Crippen molar-refractivity contribution in [3.05, 3.63) is 180 Å². The van der Waals surface area contributed by atoms with Gasteiger partial charge in [-0.3, -0.25) is 4.79 Å². The molecule has 4 aromatic carbocycles. The lowest BCUT2D eigenvalue weighted by molar-refractivity contribution is -0.164. The molecule has 0 heterocycles. The van der Waals surface area contributed by atoms with E-state index in [1.54, 1.807) is 27.4 Å². The van der Waals surface area contributed by atoms with Crippen molar-refractivity contribution in [2.45, 2.75) is 272 Å². The van der Waals surface area contributed by atoms with E-state index in [9.17, 15) is 9.90 Å². The minimum absolute atomic E-state index is 0.0282. The Kier molecular flexibility index (Phi) is 35.2. The molecule has 0 radical (unpaired) electrons. The number of Topliss-reactive ketones (excluding diaryl/α,β-unsaturated/α-hetero) is 1. The summed E-state index contributed by atoms with van der Waals surface area (Å²) in [5.74, 6) is -1.86. The van der Waals surface area contributed by atoms with Crippen molar-refractivity contribution >= 4 is 45.0 Å². The second-order valence-electron chi connectivity index (χ2n) is 33.9. The van der Waals surface area contributed by atoms with Crippen molar-refractivity contribution in [1.82, 2.24) is 0 Å². The fourth-order valence-electron chi connectivity index (χ4n) is 13.4. The minimum atomic E-state index is -2.68. The van der Waals surface area contributed by atoms with Gasteiger partial charge in [-0.2, -0.15) is 0 Å². The first-order valence-corrected chi connectivity index (χ1v) is 49.6. The van der Waals surface area contributed by atoms with Gasteiger partial charge >= 0.3 is 5.97 Å². The Morgan fingerprint density at radius 3 is 1.42 bits per heavy atom. The lowest BCUT2D eigenvalue weighted by Gasteiger charge is -2.47. The van der Waals surface area contributed by atoms with Crippen LogP contribution in [0.5, 0.6) is 11.5 Å². The van der Waals surface area contributed by atoms with E-state index >= 15 is 4.79 Å². The molecule has 13 atom stereocenters. The van der Waals surface area contributed by atoms with Gasteiger partial charge in [-0.1, -0.05) is 240 Å². The second kappa shape index (κ2) is 40.0. The van der Waals surface area contributed by atoms with Gasteiger partial charge < -0.3 is 51.2 Å². The number of hydrogen-bond acceptors (Lipinski definition) is 13. The molecular weight excluding hydrogens is 1370 g/mol. The van der Waals surface area contributed by atoms with Gasteiger partial charge in [-0.15, -0.1) is 0 Å². The van der Waals surface area contributed by atoms with Gasteiger partial charge in [0, 0.05) is 43.1 Å². The van der Waals surface area contributed by atoms with E-state index in [0.29, 0.717) is 5.75 Å². The predicted octanol–water partition coefficient (Wildman–Crippen LogP) is 21.5. The quantitative estimate of drug-likeness (QED) is 0.0194. The number of methoxy groups -OCH3 is 3. The Hall–Kier alpha value is -4.87. The lowest BCUT2D eigenvalue weighted by atomic mass is 9.78. The van der Waals surface area contributed by atoms with Crippen molar-refractivity contribution in [2.75, 3.05) is 34.5 Å². The predicted molar refractivity (Wildman–Crippen MR) is 441 cm³/mol. The summed E-state index contributed by atoms with van der Waals surface area (Å²) in [7, 11) is -5.39. The highest BCUT2D eigenvalue weighted by atomic mass is 28.4. The van der Waals surface area contributed by atoms with Crippen LogP contribution >= 0.6 is 0 Å². The van der Waals surface area contributed by atoms with Crippen LogP contribution in [-0.4, -0.2) is 127 Å². The van der Waals surface area contributed by atoms with E-state index in [1.807, 2.05) is 99.6 Å². The molecule has 0 aliphatic heterocycles. The van der Waals surface area contributed by atoms with Crippen LogP contribution in [-0.2, 0) is 58.4 Å². The third-order valence-corrected chi connectivity index (χ3v) is 41.4. The smallest absolute Gasteiger partial charge is 0.337 e. The summed E-state index contributed by atoms with van der Waals surface area (Å²) >= 11 is 0. The molecule has 0 amide bonds. The van der Waals surface area contributed by atoms with Gasteiger partial charge in [0.25, 0.3) is 0 Å². The van der Waals surface area contributed by atoms with Crippen LogP contribution in [0.15, 0.2) is 157 Å². The molecule has 0 fully saturated rings. The molecule has 4 rings (SSSR count). The number of ketones is 1. The third kappa shape index (κ3) is 24.1. The average Bonchev–Trinajstić information content (AvgIpc) is 0.759. The molecule has 104 heavy (non-hydrogen) atoms. The van der Waals surface area contributed by atoms with Crippen molar-refractivity contribution < 1.29 is 60.8 Å². The Bertz CT molecular complexity index is 3280. The number of rotatable bonds is 43. The summed E-state index contributed by atoms with van der Waals surface area (Å²) in [6.45, 7) is 60.9. The summed E-state index contributed by atoms with van der Waals surface area (Å²) < 4.78 is 69.7. The summed E-state index contributed by atoms with van der Waals surface area (Å²) in [6, 6.07) is 39.3. The zero-order chi connectivity index (χ0) is 78.6. The fraction of sp³-hybridized carbons (Fsp3) is 0.609. The van der Waals surface area contributed by atoms with E-state index < -0.39 is 111 Å². The largest absolute Gasteiger partial charge is 0.497 e. The first kappa shape index (κ1) is 91.5. The number of aliphatic hydroxyl groups is 1. The molecule has 582 valence electrons. The highest BCUT2D eigenvalue weighted by Gasteiger charge is 2.52. The number of benzene rings is 4. The van der Waals surface area contributed by atoms with Gasteiger partial charge in [0.15, 0.2) is 39.4 Å². The molecule has 1 N–H and O–H groups in total. The highest BCUT2D eigenvalue weighted by Crippen LogP contribution is 2.48. The maximum atomic E-state index is 15.6. The zero-order valence-corrected chi connectivity index (χ0v) is 73.8. The molecule has 0 saturated carbocycles. The molecule has 0 aromatic heterocycles. The standard InChI is InChI=1S/C87H140O13Si4/c1-31-42-61(6)56-63(8)78(98-102(27,28)85(16,17)18)74(60-96-87(69-43-38-36-39-44-69,70-45-40-37-41-46-70)71-49-53-73(92-23)54-50-71)80(95-59-68-47-51-72(91-22)52-48-68)65(10)76(89)58-75(88)62(7)57-64(9)77(97-101(25,26)84(13,14)15)66(11)79(100-104(33-3,34-4)35-5)67(12)81(93-24)82(83(90)94-55-32-2)99-103(29,30)86(19,20)21/h31-32,36-54,56-57,61-62,65-67,74,76-82,89H,2,33-35,55,58-60H2,1,3-30H3/b42-31-,63-56+,64-57+/t61-,62-,65+,66+,67+,74+,76-,77-,78+,79-,80-,81-,82+/m0/s1. The topological polar surface area (TPSA) is 147 Å². The van der Waals surface area contributed by atoms with E-state index in [4.69, 9.17) is 46.1 Å². The first-order valence-electron chi connectivity index (χ1n) is 38.3. The molecule has 0 saturated heterocycles. The van der Waals surface area contributed by atoms with Crippen LogP contribution in [0.25, 0.3) is 0 Å². The Morgan fingerprint density at radius 1 is 0.548 bits per heavy atom. The van der Waals surface area contributed by atoms with Crippen molar-refractivity contribution in [3.63, 3.8) is 0 Å². The maximum Gasteiger partial charge on any atom is 0.337 e. The van der Waals surface area contributed by atoms with E-state index in [-0.39, 0.29) is 59.0 Å². The normalized spacial score (nSPS) is 17.4. The number of esters is 1. The Labute approximate surface area is 635 Å². The van der Waals surface area contributed by atoms with Gasteiger partial charge in [-0.05, 0) is 157 Å². The third-order valence-electron chi connectivity index (χ3n) is 23.4. The summed E-state index contributed by atoms with van der Waals surface area (Å²) in [6.07, 6.45) is 4.51. The summed E-state index contributed by atoms with van der Waals surface area (Å²) in [4.78, 5) is 30.1. The molecule has 13 nitrogen and oxygen atoms in total. The molecule has 0 bridgehead atoms. The van der Waals surface area contributed by atoms with Crippen LogP contribution in [0.2, 0.25) is 72.5 Å². The monoisotopic (exact) mass is 1500 g/mol. The molecule has 0 spiro atoms. The van der Waals surface area contributed by atoms with Crippen molar-refractivity contribution in [2.24, 2.45) is 35.5 Å². The van der Waals surface area contributed by atoms with Crippen LogP contribution in [0.4, 0.5) is 0 Å². The van der Waals surface area contributed by atoms with Crippen LogP contribution < -0.4 is 9.47 Å². The molecule has 0 aliphatic carbocycles. The number of carbonyl (C=O) groups is 2. The van der Waals surface area contributed by atoms with Gasteiger partial charge in [0.1, 0.15) is 29.5 Å². The van der Waals surface area contributed by atoms with Crippen LogP contribution in [0.3, 0.4) is 0 Å². The molecule has 4 aromatic rings. The molecule has 0 unspecified atom stereocenters. The van der Waals surface area contributed by atoms with E-state index in [0.717, 1.165) is 57.3 Å².